The number of terminal acetylenes is 3. The Morgan fingerprint density at radius 1 is 0.479 bits per heavy atom. The van der Waals surface area contributed by atoms with Gasteiger partial charge in [-0.1, -0.05) is 151 Å². The average Bonchev–Trinajstić information content (AvgIpc) is 4.20. The fourth-order valence-corrected chi connectivity index (χ4v) is 10.6. The minimum Gasteiger partial charge on any atom is -0.364 e. The summed E-state index contributed by atoms with van der Waals surface area (Å²) in [5.41, 5.74) is 3.82. The van der Waals surface area contributed by atoms with E-state index in [9.17, 15) is 14.4 Å². The summed E-state index contributed by atoms with van der Waals surface area (Å²) in [5, 5.41) is 0. The van der Waals surface area contributed by atoms with Crippen molar-refractivity contribution < 1.29 is 28.6 Å². The lowest BCUT2D eigenvalue weighted by Crippen LogP contribution is -2.44. The van der Waals surface area contributed by atoms with Gasteiger partial charge < -0.3 is 28.9 Å². The van der Waals surface area contributed by atoms with Crippen LogP contribution in [-0.4, -0.2) is 121 Å². The van der Waals surface area contributed by atoms with Crippen molar-refractivity contribution in [1.82, 2.24) is 14.7 Å². The minimum atomic E-state index is -0.146. The first kappa shape index (κ1) is 52.1. The molecule has 0 N–H and O–H groups in total. The fraction of sp³-hybridized carbons (Fsp3) is 0.441. The molecule has 3 aliphatic heterocycles. The van der Waals surface area contributed by atoms with Crippen molar-refractivity contribution in [1.29, 1.82) is 0 Å². The number of nitrogens with zero attached hydrogens (tertiary/aromatic N) is 6. The lowest BCUT2D eigenvalue weighted by molar-refractivity contribution is 0.0561. The van der Waals surface area contributed by atoms with Crippen molar-refractivity contribution in [3.05, 3.63) is 127 Å². The summed E-state index contributed by atoms with van der Waals surface area (Å²) in [6, 6.07) is 28.1. The van der Waals surface area contributed by atoms with Crippen molar-refractivity contribution in [2.45, 2.75) is 104 Å². The van der Waals surface area contributed by atoms with Gasteiger partial charge in [0.15, 0.2) is 0 Å². The quantitative estimate of drug-likeness (QED) is 0.0807. The highest BCUT2D eigenvalue weighted by Gasteiger charge is 2.53. The number of anilines is 3. The smallest absolute Gasteiger partial charge is 0.325 e. The maximum atomic E-state index is 13.1. The van der Waals surface area contributed by atoms with Crippen molar-refractivity contribution in [2.24, 2.45) is 23.7 Å². The molecule has 3 aromatic rings. The zero-order valence-electron chi connectivity index (χ0n) is 42.3. The van der Waals surface area contributed by atoms with Crippen LogP contribution in [0.5, 0.6) is 0 Å². The molecular formula is C59H70N6O6. The van der Waals surface area contributed by atoms with Crippen LogP contribution in [0.4, 0.5) is 31.4 Å². The van der Waals surface area contributed by atoms with E-state index >= 15 is 0 Å². The van der Waals surface area contributed by atoms with Crippen molar-refractivity contribution in [3.63, 3.8) is 0 Å². The molecule has 0 saturated carbocycles. The molecule has 9 unspecified atom stereocenters. The molecule has 0 aromatic heterocycles. The number of hydrogen-bond acceptors (Lipinski definition) is 6. The maximum absolute atomic E-state index is 13.1. The van der Waals surface area contributed by atoms with Gasteiger partial charge in [0, 0.05) is 36.7 Å². The molecule has 0 spiro atoms. The first-order valence-electron chi connectivity index (χ1n) is 24.9. The van der Waals surface area contributed by atoms with Crippen LogP contribution in [0.25, 0.3) is 0 Å². The second kappa shape index (κ2) is 23.9. The summed E-state index contributed by atoms with van der Waals surface area (Å²) in [5.74, 6) is 9.10. The Hall–Kier alpha value is -6.75. The van der Waals surface area contributed by atoms with Gasteiger partial charge in [0.05, 0.1) is 55.1 Å². The summed E-state index contributed by atoms with van der Waals surface area (Å²) >= 11 is 0. The SMILES string of the molecule is C#CCOC1C=CC2C1N(CC(C)C)C(=O)N2c1ccccc1.C#CCOC1C=CC2C1N(CC(C)C)C(=O)N2c1ccccc1.C#CCOCc1ccc(N2C(=O)N(CC(C)C)C3C(C)C=CC32)cc1. The highest BCUT2D eigenvalue weighted by Crippen LogP contribution is 2.40. The Balaban J connectivity index is 0.000000157. The second-order valence-corrected chi connectivity index (χ2v) is 20.0. The van der Waals surface area contributed by atoms with E-state index in [4.69, 9.17) is 33.5 Å². The number of carbonyl (C=O) groups is 3. The first-order chi connectivity index (χ1) is 34.3. The zero-order chi connectivity index (χ0) is 50.8. The van der Waals surface area contributed by atoms with Gasteiger partial charge >= 0.3 is 18.1 Å². The molecule has 0 radical (unpaired) electrons. The van der Waals surface area contributed by atoms with Gasteiger partial charge in [0.2, 0.25) is 0 Å². The number of carbonyl (C=O) groups excluding carboxylic acids is 3. The van der Waals surface area contributed by atoms with E-state index in [1.165, 1.54) is 0 Å². The van der Waals surface area contributed by atoms with Crippen LogP contribution in [0, 0.1) is 60.7 Å². The van der Waals surface area contributed by atoms with Crippen LogP contribution in [0.15, 0.2) is 121 Å². The number of hydrogen-bond donors (Lipinski definition) is 0. The Morgan fingerprint density at radius 2 is 0.845 bits per heavy atom. The zero-order valence-corrected chi connectivity index (χ0v) is 42.3. The van der Waals surface area contributed by atoms with Crippen LogP contribution >= 0.6 is 0 Å². The van der Waals surface area contributed by atoms with E-state index in [0.29, 0.717) is 50.0 Å². The van der Waals surface area contributed by atoms with Gasteiger partial charge in [-0.15, -0.1) is 19.3 Å². The minimum absolute atomic E-state index is 0.00794. The number of rotatable bonds is 16. The van der Waals surface area contributed by atoms with Crippen LogP contribution < -0.4 is 14.7 Å². The van der Waals surface area contributed by atoms with E-state index < -0.39 is 0 Å². The molecule has 6 amide bonds. The third-order valence-electron chi connectivity index (χ3n) is 13.3. The molecule has 3 aromatic carbocycles. The fourth-order valence-electron chi connectivity index (χ4n) is 10.6. The van der Waals surface area contributed by atoms with Crippen molar-refractivity contribution >= 4 is 35.2 Å². The number of benzene rings is 3. The number of amides is 6. The molecule has 12 nitrogen and oxygen atoms in total. The Labute approximate surface area is 422 Å². The van der Waals surface area contributed by atoms with Crippen molar-refractivity contribution in [2.75, 3.05) is 54.2 Å². The molecule has 12 heteroatoms. The Morgan fingerprint density at radius 3 is 1.24 bits per heavy atom. The second-order valence-electron chi connectivity index (χ2n) is 20.0. The van der Waals surface area contributed by atoms with Gasteiger partial charge in [-0.2, -0.15) is 0 Å². The normalized spacial score (nSPS) is 25.6. The number of fused-ring (bicyclic) bond motifs is 3. The lowest BCUT2D eigenvalue weighted by Gasteiger charge is -2.28. The van der Waals surface area contributed by atoms with Crippen molar-refractivity contribution in [3.8, 4) is 37.0 Å². The first-order valence-corrected chi connectivity index (χ1v) is 24.9. The predicted molar refractivity (Wildman–Crippen MR) is 283 cm³/mol. The number of ether oxygens (including phenoxy) is 3. The Kier molecular flexibility index (Phi) is 17.5. The van der Waals surface area contributed by atoms with Gasteiger partial charge in [0.25, 0.3) is 0 Å². The number of urea groups is 3. The van der Waals surface area contributed by atoms with Gasteiger partial charge in [-0.3, -0.25) is 14.7 Å². The summed E-state index contributed by atoms with van der Waals surface area (Å²) in [4.78, 5) is 50.6. The van der Waals surface area contributed by atoms with E-state index in [2.05, 4.69) is 90.5 Å². The summed E-state index contributed by atoms with van der Waals surface area (Å²) < 4.78 is 16.9. The maximum Gasteiger partial charge on any atom is 0.325 e. The van der Waals surface area contributed by atoms with E-state index in [0.717, 1.165) is 29.2 Å². The van der Waals surface area contributed by atoms with Crippen LogP contribution in [0.1, 0.15) is 54.0 Å². The highest BCUT2D eigenvalue weighted by atomic mass is 16.5. The predicted octanol–water partition coefficient (Wildman–Crippen LogP) is 9.50. The van der Waals surface area contributed by atoms with E-state index in [-0.39, 0.29) is 79.8 Å². The topological polar surface area (TPSA) is 98.3 Å². The Bertz CT molecular complexity index is 2390. The summed E-state index contributed by atoms with van der Waals surface area (Å²) in [6.07, 6.45) is 28.1. The molecule has 3 aliphatic carbocycles. The van der Waals surface area contributed by atoms with Gasteiger partial charge in [0.1, 0.15) is 19.8 Å². The summed E-state index contributed by atoms with van der Waals surface area (Å²) in [6.45, 7) is 18.5. The van der Waals surface area contributed by atoms with Crippen LogP contribution in [-0.2, 0) is 20.8 Å². The molecule has 372 valence electrons. The number of para-hydroxylation sites is 2. The van der Waals surface area contributed by atoms with Gasteiger partial charge in [-0.05, 0) is 65.6 Å². The lowest BCUT2D eigenvalue weighted by atomic mass is 10.0. The molecule has 71 heavy (non-hydrogen) atoms. The average molecular weight is 959 g/mol. The van der Waals surface area contributed by atoms with Crippen LogP contribution in [0.2, 0.25) is 0 Å². The third-order valence-corrected chi connectivity index (χ3v) is 13.3. The third kappa shape index (κ3) is 11.6. The van der Waals surface area contributed by atoms with E-state index in [1.54, 1.807) is 0 Å². The molecule has 0 bridgehead atoms. The molecule has 3 saturated heterocycles. The molecule has 3 heterocycles. The molecular weight excluding hydrogens is 889 g/mol. The van der Waals surface area contributed by atoms with Gasteiger partial charge in [-0.25, -0.2) is 14.4 Å². The highest BCUT2D eigenvalue weighted by molar-refractivity contribution is 5.98. The monoisotopic (exact) mass is 959 g/mol. The standard InChI is InChI=1S/C21H26N2O2.2C19H22N2O2/c1-5-12-25-14-17-7-9-18(10-8-17)23-19-11-6-16(4)20(19)22(21(23)24)13-15(2)3;2*1-4-12-23-17-11-10-16-18(17)20(13-14(2)3)19(22)21(16)15-8-6-5-7-9-15/h1,6-11,15-16,19-20H,12-14H2,2-4H3;2*1,5-11,14,16-18H,12-13H2,2-3H3. The molecule has 6 aliphatic rings. The summed E-state index contributed by atoms with van der Waals surface area (Å²) in [7, 11) is 0. The molecule has 9 rings (SSSR count). The largest absolute Gasteiger partial charge is 0.364 e. The molecule has 9 atom stereocenters. The molecule has 3 fully saturated rings. The van der Waals surface area contributed by atoms with Crippen LogP contribution in [0.3, 0.4) is 0 Å². The van der Waals surface area contributed by atoms with E-state index in [1.807, 2.05) is 126 Å².